The second-order valence-electron chi connectivity index (χ2n) is 3.66. The number of aliphatic hydroxyl groups is 1. The molecule has 0 aromatic heterocycles. The van der Waals surface area contributed by atoms with E-state index in [9.17, 15) is 0 Å². The summed E-state index contributed by atoms with van der Waals surface area (Å²) >= 11 is 0. The van der Waals surface area contributed by atoms with Gasteiger partial charge in [-0.15, -0.1) is 0 Å². The topological polar surface area (TPSA) is 35.5 Å². The zero-order valence-electron chi connectivity index (χ0n) is 8.08. The monoisotopic (exact) mass is 172 g/mol. The molecule has 1 heterocycles. The van der Waals surface area contributed by atoms with Crippen molar-refractivity contribution in [2.45, 2.75) is 32.4 Å². The van der Waals surface area contributed by atoms with E-state index in [4.69, 9.17) is 5.11 Å². The molecule has 3 nitrogen and oxygen atoms in total. The molecule has 0 aromatic carbocycles. The maximum Gasteiger partial charge on any atom is 0.0558 e. The third-order valence-electron chi connectivity index (χ3n) is 2.51. The van der Waals surface area contributed by atoms with Crippen LogP contribution in [0, 0.1) is 0 Å². The van der Waals surface area contributed by atoms with Crippen molar-refractivity contribution in [1.82, 2.24) is 10.2 Å². The molecule has 1 rings (SSSR count). The molecule has 1 fully saturated rings. The lowest BCUT2D eigenvalue weighted by atomic mass is 10.1. The van der Waals surface area contributed by atoms with Crippen LogP contribution >= 0.6 is 0 Å². The summed E-state index contributed by atoms with van der Waals surface area (Å²) in [5.41, 5.74) is 0. The third-order valence-corrected chi connectivity index (χ3v) is 2.51. The van der Waals surface area contributed by atoms with E-state index in [1.807, 2.05) is 0 Å². The first-order valence-electron chi connectivity index (χ1n) is 4.85. The first kappa shape index (κ1) is 9.96. The van der Waals surface area contributed by atoms with Crippen LogP contribution in [0.4, 0.5) is 0 Å². The van der Waals surface area contributed by atoms with E-state index in [0.29, 0.717) is 12.1 Å². The first-order chi connectivity index (χ1) is 5.76. The Bertz CT molecular complexity index is 124. The maximum absolute atomic E-state index is 8.65. The third kappa shape index (κ3) is 2.73. The van der Waals surface area contributed by atoms with Crippen molar-refractivity contribution in [2.24, 2.45) is 0 Å². The van der Waals surface area contributed by atoms with Gasteiger partial charge in [0.05, 0.1) is 6.61 Å². The zero-order valence-corrected chi connectivity index (χ0v) is 8.08. The van der Waals surface area contributed by atoms with Crippen molar-refractivity contribution in [3.05, 3.63) is 0 Å². The van der Waals surface area contributed by atoms with Gasteiger partial charge in [-0.2, -0.15) is 0 Å². The van der Waals surface area contributed by atoms with Crippen LogP contribution < -0.4 is 5.32 Å². The highest BCUT2D eigenvalue weighted by atomic mass is 16.3. The Morgan fingerprint density at radius 2 is 2.25 bits per heavy atom. The van der Waals surface area contributed by atoms with Crippen molar-refractivity contribution < 1.29 is 5.11 Å². The van der Waals surface area contributed by atoms with Gasteiger partial charge in [-0.25, -0.2) is 0 Å². The lowest BCUT2D eigenvalue weighted by molar-refractivity contribution is 0.0943. The minimum atomic E-state index is 0.288. The predicted molar refractivity (Wildman–Crippen MR) is 50.2 cm³/mol. The average molecular weight is 172 g/mol. The van der Waals surface area contributed by atoms with Crippen LogP contribution in [-0.4, -0.2) is 48.3 Å². The summed E-state index contributed by atoms with van der Waals surface area (Å²) in [6.07, 6.45) is 1.19. The van der Waals surface area contributed by atoms with Crippen molar-refractivity contribution in [3.63, 3.8) is 0 Å². The molecular weight excluding hydrogens is 152 g/mol. The fraction of sp³-hybridized carbons (Fsp3) is 1.00. The van der Waals surface area contributed by atoms with Gasteiger partial charge in [0.15, 0.2) is 0 Å². The van der Waals surface area contributed by atoms with Crippen LogP contribution in [0.2, 0.25) is 0 Å². The molecular formula is C9H20N2O. The molecule has 1 unspecified atom stereocenters. The van der Waals surface area contributed by atoms with Crippen LogP contribution in [0.15, 0.2) is 0 Å². The van der Waals surface area contributed by atoms with Gasteiger partial charge in [-0.3, -0.25) is 4.90 Å². The molecule has 3 heteroatoms. The fourth-order valence-corrected chi connectivity index (χ4v) is 1.52. The molecule has 0 aromatic rings. The van der Waals surface area contributed by atoms with Crippen LogP contribution in [0.3, 0.4) is 0 Å². The van der Waals surface area contributed by atoms with Gasteiger partial charge < -0.3 is 10.4 Å². The second-order valence-corrected chi connectivity index (χ2v) is 3.66. The summed E-state index contributed by atoms with van der Waals surface area (Å²) in [6.45, 7) is 7.74. The highest BCUT2D eigenvalue weighted by Gasteiger charge is 2.26. The van der Waals surface area contributed by atoms with E-state index >= 15 is 0 Å². The van der Waals surface area contributed by atoms with E-state index in [0.717, 1.165) is 19.6 Å². The summed E-state index contributed by atoms with van der Waals surface area (Å²) in [6, 6.07) is 1.29. The molecule has 1 saturated heterocycles. The Kier molecular flexibility index (Phi) is 3.98. The van der Waals surface area contributed by atoms with Gasteiger partial charge in [0.2, 0.25) is 0 Å². The number of hydrogen-bond acceptors (Lipinski definition) is 3. The molecule has 0 saturated carbocycles. The standard InChI is InChI=1S/C9H20N2O/c1-3-8(2)10-9-6-11(7-9)4-5-12/h8-10,12H,3-7H2,1-2H3. The Hall–Kier alpha value is -0.120. The van der Waals surface area contributed by atoms with Crippen LogP contribution in [0.25, 0.3) is 0 Å². The average Bonchev–Trinajstić information content (AvgIpc) is 2.00. The minimum Gasteiger partial charge on any atom is -0.395 e. The Labute approximate surface area is 74.8 Å². The molecule has 1 atom stereocenters. The Balaban J connectivity index is 2.01. The zero-order chi connectivity index (χ0) is 8.97. The number of aliphatic hydroxyl groups excluding tert-OH is 1. The molecule has 2 N–H and O–H groups in total. The van der Waals surface area contributed by atoms with Crippen LogP contribution in [0.1, 0.15) is 20.3 Å². The molecule has 0 radical (unpaired) electrons. The van der Waals surface area contributed by atoms with E-state index in [1.54, 1.807) is 0 Å². The minimum absolute atomic E-state index is 0.288. The number of hydrogen-bond donors (Lipinski definition) is 2. The highest BCUT2D eigenvalue weighted by molar-refractivity contribution is 4.86. The molecule has 0 spiro atoms. The summed E-state index contributed by atoms with van der Waals surface area (Å²) in [4.78, 5) is 2.26. The number of β-amino-alcohol motifs (C(OH)–C–C–N with tert-alkyl or cyclic N) is 1. The van der Waals surface area contributed by atoms with E-state index in [1.165, 1.54) is 6.42 Å². The number of rotatable bonds is 5. The molecule has 1 aliphatic heterocycles. The van der Waals surface area contributed by atoms with Crippen molar-refractivity contribution >= 4 is 0 Å². The van der Waals surface area contributed by atoms with Gasteiger partial charge in [-0.1, -0.05) is 6.92 Å². The lowest BCUT2D eigenvalue weighted by Gasteiger charge is -2.40. The Morgan fingerprint density at radius 3 is 2.75 bits per heavy atom. The molecule has 1 aliphatic rings. The van der Waals surface area contributed by atoms with E-state index in [-0.39, 0.29) is 6.61 Å². The SMILES string of the molecule is CCC(C)NC1CN(CCO)C1. The van der Waals surface area contributed by atoms with Gasteiger partial charge in [0.25, 0.3) is 0 Å². The molecule has 0 amide bonds. The van der Waals surface area contributed by atoms with E-state index in [2.05, 4.69) is 24.1 Å². The number of likely N-dealkylation sites (tertiary alicyclic amines) is 1. The molecule has 0 aliphatic carbocycles. The van der Waals surface area contributed by atoms with Crippen LogP contribution in [-0.2, 0) is 0 Å². The van der Waals surface area contributed by atoms with Gasteiger partial charge in [0, 0.05) is 31.7 Å². The normalized spacial score (nSPS) is 22.2. The van der Waals surface area contributed by atoms with Gasteiger partial charge >= 0.3 is 0 Å². The molecule has 72 valence electrons. The predicted octanol–water partition coefficient (Wildman–Crippen LogP) is 0.0510. The summed E-state index contributed by atoms with van der Waals surface area (Å²) in [5, 5.41) is 12.2. The summed E-state index contributed by atoms with van der Waals surface area (Å²) in [5.74, 6) is 0. The quantitative estimate of drug-likeness (QED) is 0.615. The van der Waals surface area contributed by atoms with E-state index < -0.39 is 0 Å². The van der Waals surface area contributed by atoms with Gasteiger partial charge in [0.1, 0.15) is 0 Å². The van der Waals surface area contributed by atoms with Crippen molar-refractivity contribution in [3.8, 4) is 0 Å². The van der Waals surface area contributed by atoms with Crippen molar-refractivity contribution in [1.29, 1.82) is 0 Å². The first-order valence-corrected chi connectivity index (χ1v) is 4.85. The van der Waals surface area contributed by atoms with Crippen LogP contribution in [0.5, 0.6) is 0 Å². The molecule has 12 heavy (non-hydrogen) atoms. The highest BCUT2D eigenvalue weighted by Crippen LogP contribution is 2.07. The number of nitrogens with zero attached hydrogens (tertiary/aromatic N) is 1. The fourth-order valence-electron chi connectivity index (χ4n) is 1.52. The van der Waals surface area contributed by atoms with Gasteiger partial charge in [-0.05, 0) is 13.3 Å². The molecule has 0 bridgehead atoms. The summed E-state index contributed by atoms with van der Waals surface area (Å²) in [7, 11) is 0. The largest absolute Gasteiger partial charge is 0.395 e. The lowest BCUT2D eigenvalue weighted by Crippen LogP contribution is -2.60. The Morgan fingerprint density at radius 1 is 1.58 bits per heavy atom. The van der Waals surface area contributed by atoms with Crippen molar-refractivity contribution in [2.75, 3.05) is 26.2 Å². The maximum atomic E-state index is 8.65. The second kappa shape index (κ2) is 4.80. The smallest absolute Gasteiger partial charge is 0.0558 e. The summed E-state index contributed by atoms with van der Waals surface area (Å²) < 4.78 is 0. The number of nitrogens with one attached hydrogen (secondary N) is 1.